The number of piperazine rings is 1. The third kappa shape index (κ3) is 3.12. The monoisotopic (exact) mass is 279 g/mol. The molecule has 2 heterocycles. The molecule has 0 aromatic rings. The summed E-state index contributed by atoms with van der Waals surface area (Å²) in [5.74, 6) is 2.24. The summed E-state index contributed by atoms with van der Waals surface area (Å²) in [6, 6.07) is 0. The molecule has 2 saturated heterocycles. The SMILES string of the molecule is NS(=O)(=O)N1CCN(C(=O)C2CCSC2)CC1. The second kappa shape index (κ2) is 5.13. The van der Waals surface area contributed by atoms with Gasteiger partial charge in [-0.3, -0.25) is 4.79 Å². The number of nitrogens with zero attached hydrogens (tertiary/aromatic N) is 2. The van der Waals surface area contributed by atoms with Gasteiger partial charge < -0.3 is 4.90 Å². The molecule has 98 valence electrons. The van der Waals surface area contributed by atoms with E-state index in [-0.39, 0.29) is 11.8 Å². The Hall–Kier alpha value is -0.310. The predicted octanol–water partition coefficient (Wildman–Crippen LogP) is -0.913. The minimum absolute atomic E-state index is 0.126. The number of hydrogen-bond acceptors (Lipinski definition) is 4. The zero-order valence-electron chi connectivity index (χ0n) is 9.54. The second-order valence-electron chi connectivity index (χ2n) is 4.33. The molecule has 0 bridgehead atoms. The Morgan fingerprint density at radius 1 is 1.24 bits per heavy atom. The van der Waals surface area contributed by atoms with E-state index in [1.165, 1.54) is 4.31 Å². The van der Waals surface area contributed by atoms with Crippen LogP contribution in [0.4, 0.5) is 0 Å². The molecule has 2 fully saturated rings. The van der Waals surface area contributed by atoms with Gasteiger partial charge in [0.1, 0.15) is 0 Å². The third-order valence-corrected chi connectivity index (χ3v) is 5.44. The molecule has 2 aliphatic rings. The quantitative estimate of drug-likeness (QED) is 0.709. The lowest BCUT2D eigenvalue weighted by Gasteiger charge is -2.34. The van der Waals surface area contributed by atoms with Crippen molar-refractivity contribution in [3.8, 4) is 0 Å². The first kappa shape index (κ1) is 13.1. The number of carbonyl (C=O) groups excluding carboxylic acids is 1. The maximum atomic E-state index is 12.1. The second-order valence-corrected chi connectivity index (χ2v) is 7.03. The van der Waals surface area contributed by atoms with E-state index in [2.05, 4.69) is 0 Å². The normalized spacial score (nSPS) is 27.4. The van der Waals surface area contributed by atoms with Crippen LogP contribution in [0, 0.1) is 5.92 Å². The molecular weight excluding hydrogens is 262 g/mol. The van der Waals surface area contributed by atoms with Crippen molar-refractivity contribution < 1.29 is 13.2 Å². The Labute approximate surface area is 106 Å². The standard InChI is InChI=1S/C9H17N3O3S2/c10-17(14,15)12-4-2-11(3-5-12)9(13)8-1-6-16-7-8/h8H,1-7H2,(H2,10,14,15). The zero-order valence-corrected chi connectivity index (χ0v) is 11.2. The molecule has 2 aliphatic heterocycles. The Morgan fingerprint density at radius 3 is 2.35 bits per heavy atom. The van der Waals surface area contributed by atoms with E-state index in [1.54, 1.807) is 16.7 Å². The first-order valence-electron chi connectivity index (χ1n) is 5.63. The van der Waals surface area contributed by atoms with Crippen molar-refractivity contribution >= 4 is 27.9 Å². The number of hydrogen-bond donors (Lipinski definition) is 1. The van der Waals surface area contributed by atoms with Crippen LogP contribution in [-0.4, -0.2) is 61.2 Å². The fraction of sp³-hybridized carbons (Fsp3) is 0.889. The van der Waals surface area contributed by atoms with Crippen molar-refractivity contribution in [1.29, 1.82) is 0 Å². The molecule has 0 aliphatic carbocycles. The smallest absolute Gasteiger partial charge is 0.277 e. The summed E-state index contributed by atoms with van der Waals surface area (Å²) in [6.07, 6.45) is 0.943. The van der Waals surface area contributed by atoms with E-state index >= 15 is 0 Å². The van der Waals surface area contributed by atoms with Crippen LogP contribution < -0.4 is 5.14 Å². The molecule has 1 amide bonds. The summed E-state index contributed by atoms with van der Waals surface area (Å²) in [5.41, 5.74) is 0. The fourth-order valence-electron chi connectivity index (χ4n) is 2.15. The molecule has 0 aromatic heterocycles. The lowest BCUT2D eigenvalue weighted by molar-refractivity contribution is -0.135. The highest BCUT2D eigenvalue weighted by Crippen LogP contribution is 2.25. The van der Waals surface area contributed by atoms with Gasteiger partial charge in [-0.1, -0.05) is 0 Å². The van der Waals surface area contributed by atoms with Gasteiger partial charge in [0.05, 0.1) is 0 Å². The van der Waals surface area contributed by atoms with Crippen molar-refractivity contribution in [3.05, 3.63) is 0 Å². The average molecular weight is 279 g/mol. The third-order valence-electron chi connectivity index (χ3n) is 3.19. The fourth-order valence-corrected chi connectivity index (χ4v) is 4.03. The minimum Gasteiger partial charge on any atom is -0.340 e. The number of rotatable bonds is 2. The highest BCUT2D eigenvalue weighted by Gasteiger charge is 2.31. The molecule has 17 heavy (non-hydrogen) atoms. The summed E-state index contributed by atoms with van der Waals surface area (Å²) in [4.78, 5) is 13.8. The van der Waals surface area contributed by atoms with E-state index in [4.69, 9.17) is 5.14 Å². The molecular formula is C9H17N3O3S2. The van der Waals surface area contributed by atoms with Crippen LogP contribution in [0.25, 0.3) is 0 Å². The van der Waals surface area contributed by atoms with Gasteiger partial charge in [0.15, 0.2) is 0 Å². The predicted molar refractivity (Wildman–Crippen MR) is 66.7 cm³/mol. The van der Waals surface area contributed by atoms with Crippen molar-refractivity contribution in [3.63, 3.8) is 0 Å². The first-order valence-corrected chi connectivity index (χ1v) is 8.28. The Balaban J connectivity index is 1.88. The van der Waals surface area contributed by atoms with Crippen LogP contribution in [0.15, 0.2) is 0 Å². The van der Waals surface area contributed by atoms with Gasteiger partial charge in [-0.25, -0.2) is 5.14 Å². The summed E-state index contributed by atoms with van der Waals surface area (Å²) < 4.78 is 23.5. The Kier molecular flexibility index (Phi) is 3.96. The molecule has 1 unspecified atom stereocenters. The summed E-state index contributed by atoms with van der Waals surface area (Å²) in [7, 11) is -3.60. The Bertz CT molecular complexity index is 384. The maximum Gasteiger partial charge on any atom is 0.277 e. The molecule has 0 saturated carbocycles. The van der Waals surface area contributed by atoms with Gasteiger partial charge in [-0.15, -0.1) is 0 Å². The van der Waals surface area contributed by atoms with Crippen molar-refractivity contribution in [2.24, 2.45) is 11.1 Å². The molecule has 0 aromatic carbocycles. The van der Waals surface area contributed by atoms with Gasteiger partial charge in [0, 0.05) is 37.8 Å². The van der Waals surface area contributed by atoms with Gasteiger partial charge in [0.25, 0.3) is 10.2 Å². The van der Waals surface area contributed by atoms with Crippen LogP contribution in [0.5, 0.6) is 0 Å². The Morgan fingerprint density at radius 2 is 1.88 bits per heavy atom. The molecule has 1 atom stereocenters. The first-order chi connectivity index (χ1) is 7.98. The van der Waals surface area contributed by atoms with E-state index in [9.17, 15) is 13.2 Å². The van der Waals surface area contributed by atoms with Crippen molar-refractivity contribution in [2.75, 3.05) is 37.7 Å². The largest absolute Gasteiger partial charge is 0.340 e. The highest BCUT2D eigenvalue weighted by molar-refractivity contribution is 7.99. The van der Waals surface area contributed by atoms with Crippen LogP contribution in [-0.2, 0) is 15.0 Å². The van der Waals surface area contributed by atoms with E-state index in [1.807, 2.05) is 0 Å². The number of carbonyl (C=O) groups is 1. The van der Waals surface area contributed by atoms with Crippen LogP contribution in [0.2, 0.25) is 0 Å². The zero-order chi connectivity index (χ0) is 12.5. The average Bonchev–Trinajstić information content (AvgIpc) is 2.80. The van der Waals surface area contributed by atoms with Gasteiger partial charge in [-0.05, 0) is 12.2 Å². The van der Waals surface area contributed by atoms with Gasteiger partial charge in [0.2, 0.25) is 5.91 Å². The molecule has 0 spiro atoms. The molecule has 2 N–H and O–H groups in total. The molecule has 8 heteroatoms. The molecule has 6 nitrogen and oxygen atoms in total. The van der Waals surface area contributed by atoms with Crippen LogP contribution in [0.1, 0.15) is 6.42 Å². The lowest BCUT2D eigenvalue weighted by Crippen LogP contribution is -2.53. The van der Waals surface area contributed by atoms with E-state index in [0.717, 1.165) is 17.9 Å². The highest BCUT2D eigenvalue weighted by atomic mass is 32.2. The number of amides is 1. The van der Waals surface area contributed by atoms with Crippen molar-refractivity contribution in [2.45, 2.75) is 6.42 Å². The van der Waals surface area contributed by atoms with Crippen LogP contribution >= 0.6 is 11.8 Å². The van der Waals surface area contributed by atoms with Gasteiger partial charge >= 0.3 is 0 Å². The minimum atomic E-state index is -3.60. The summed E-state index contributed by atoms with van der Waals surface area (Å²) in [6.45, 7) is 1.53. The van der Waals surface area contributed by atoms with E-state index in [0.29, 0.717) is 26.2 Å². The summed E-state index contributed by atoms with van der Waals surface area (Å²) >= 11 is 1.81. The summed E-state index contributed by atoms with van der Waals surface area (Å²) in [5, 5.41) is 5.05. The van der Waals surface area contributed by atoms with Crippen LogP contribution in [0.3, 0.4) is 0 Å². The molecule has 0 radical (unpaired) electrons. The van der Waals surface area contributed by atoms with Crippen molar-refractivity contribution in [1.82, 2.24) is 9.21 Å². The maximum absolute atomic E-state index is 12.1. The molecule has 2 rings (SSSR count). The van der Waals surface area contributed by atoms with E-state index < -0.39 is 10.2 Å². The number of nitrogens with two attached hydrogens (primary N) is 1. The number of thioether (sulfide) groups is 1. The van der Waals surface area contributed by atoms with Gasteiger partial charge in [-0.2, -0.15) is 24.5 Å². The topological polar surface area (TPSA) is 83.7 Å². The lowest BCUT2D eigenvalue weighted by atomic mass is 10.1.